The fourth-order valence-electron chi connectivity index (χ4n) is 4.97. The van der Waals surface area contributed by atoms with Gasteiger partial charge < -0.3 is 9.64 Å². The van der Waals surface area contributed by atoms with Crippen molar-refractivity contribution in [2.24, 2.45) is 0 Å². The van der Waals surface area contributed by atoms with Crippen LogP contribution in [0.5, 0.6) is 5.75 Å². The molecule has 8 heteroatoms. The monoisotopic (exact) mass is 474 g/mol. The number of halogens is 1. The Kier molecular flexibility index (Phi) is 6.38. The molecule has 1 atom stereocenters. The zero-order valence-corrected chi connectivity index (χ0v) is 20.7. The second-order valence-corrected chi connectivity index (χ2v) is 9.17. The highest BCUT2D eigenvalue weighted by molar-refractivity contribution is 5.92. The summed E-state index contributed by atoms with van der Waals surface area (Å²) >= 11 is 0. The van der Waals surface area contributed by atoms with Gasteiger partial charge in [0.2, 0.25) is 0 Å². The molecule has 0 aliphatic carbocycles. The predicted octanol–water partition coefficient (Wildman–Crippen LogP) is 4.68. The normalized spacial score (nSPS) is 15.9. The van der Waals surface area contributed by atoms with Crippen LogP contribution in [0.3, 0.4) is 0 Å². The van der Waals surface area contributed by atoms with Crippen molar-refractivity contribution in [3.63, 3.8) is 0 Å². The van der Waals surface area contributed by atoms with E-state index in [4.69, 9.17) is 9.84 Å². The molecule has 0 bridgehead atoms. The van der Waals surface area contributed by atoms with Crippen molar-refractivity contribution in [2.75, 3.05) is 31.6 Å². The van der Waals surface area contributed by atoms with E-state index in [0.717, 1.165) is 54.2 Å². The van der Waals surface area contributed by atoms with Gasteiger partial charge in [-0.15, -0.1) is 5.10 Å². The fourth-order valence-corrected chi connectivity index (χ4v) is 4.97. The minimum absolute atomic E-state index is 0.379. The lowest BCUT2D eigenvalue weighted by molar-refractivity contribution is 0.250. The molecule has 2 aromatic heterocycles. The molecule has 1 fully saturated rings. The highest BCUT2D eigenvalue weighted by Crippen LogP contribution is 2.32. The number of rotatable bonds is 7. The summed E-state index contributed by atoms with van der Waals surface area (Å²) < 4.78 is 22.1. The topological polar surface area (TPSA) is 59.3 Å². The number of aromatic nitrogens is 4. The third kappa shape index (κ3) is 4.46. The molecule has 4 aromatic rings. The van der Waals surface area contributed by atoms with Crippen molar-refractivity contribution in [1.29, 1.82) is 0 Å². The zero-order valence-electron chi connectivity index (χ0n) is 20.7. The summed E-state index contributed by atoms with van der Waals surface area (Å²) in [5.41, 5.74) is 4.08. The smallest absolute Gasteiger partial charge is 0.179 e. The summed E-state index contributed by atoms with van der Waals surface area (Å²) in [5, 5.41) is 14.7. The first kappa shape index (κ1) is 23.2. The van der Waals surface area contributed by atoms with Crippen LogP contribution in [0.25, 0.3) is 16.6 Å². The van der Waals surface area contributed by atoms with Gasteiger partial charge in [-0.1, -0.05) is 30.3 Å². The van der Waals surface area contributed by atoms with Gasteiger partial charge >= 0.3 is 0 Å². The quantitative estimate of drug-likeness (QED) is 0.388. The Morgan fingerprint density at radius 3 is 2.66 bits per heavy atom. The number of ether oxygens (including phenoxy) is 1. The SMILES string of the molecule is CCOc1ccc(-n2nc3c(N4CC[C@H](N(C)Cc5ccccc5)C4)nnc(C)c3c2C)c(F)c1. The first-order valence-corrected chi connectivity index (χ1v) is 12.1. The lowest BCUT2D eigenvalue weighted by Gasteiger charge is -2.25. The van der Waals surface area contributed by atoms with E-state index < -0.39 is 0 Å². The van der Waals surface area contributed by atoms with Gasteiger partial charge in [0.1, 0.15) is 17.0 Å². The molecule has 35 heavy (non-hydrogen) atoms. The molecule has 0 N–H and O–H groups in total. The average molecular weight is 475 g/mol. The summed E-state index contributed by atoms with van der Waals surface area (Å²) in [6.45, 7) is 8.86. The van der Waals surface area contributed by atoms with Crippen LogP contribution in [0.1, 0.15) is 30.3 Å². The number of fused-ring (bicyclic) bond motifs is 1. The molecule has 0 unspecified atom stereocenters. The molecule has 1 aliphatic heterocycles. The minimum Gasteiger partial charge on any atom is -0.494 e. The van der Waals surface area contributed by atoms with Crippen LogP contribution < -0.4 is 9.64 Å². The van der Waals surface area contributed by atoms with Crippen molar-refractivity contribution in [3.05, 3.63) is 71.3 Å². The van der Waals surface area contributed by atoms with Crippen LogP contribution in [-0.2, 0) is 6.54 Å². The van der Waals surface area contributed by atoms with Crippen molar-refractivity contribution < 1.29 is 9.13 Å². The number of hydrogen-bond donors (Lipinski definition) is 0. The number of nitrogens with zero attached hydrogens (tertiary/aromatic N) is 6. The average Bonchev–Trinajstić information content (AvgIpc) is 3.47. The second-order valence-electron chi connectivity index (χ2n) is 9.17. The molecular formula is C27H31FN6O. The van der Waals surface area contributed by atoms with Gasteiger partial charge in [-0.3, -0.25) is 4.90 Å². The van der Waals surface area contributed by atoms with Crippen LogP contribution in [0.2, 0.25) is 0 Å². The largest absolute Gasteiger partial charge is 0.494 e. The van der Waals surface area contributed by atoms with Crippen LogP contribution in [0.4, 0.5) is 10.2 Å². The molecule has 0 saturated carbocycles. The molecule has 7 nitrogen and oxygen atoms in total. The number of anilines is 1. The van der Waals surface area contributed by atoms with E-state index in [9.17, 15) is 0 Å². The van der Waals surface area contributed by atoms with Gasteiger partial charge in [0.15, 0.2) is 11.6 Å². The molecule has 2 aromatic carbocycles. The van der Waals surface area contributed by atoms with Gasteiger partial charge in [0.25, 0.3) is 0 Å². The van der Waals surface area contributed by atoms with Crippen molar-refractivity contribution in [3.8, 4) is 11.4 Å². The Bertz CT molecular complexity index is 1340. The molecule has 0 radical (unpaired) electrons. The third-order valence-corrected chi connectivity index (χ3v) is 6.80. The Hall–Kier alpha value is -3.52. The number of benzene rings is 2. The van der Waals surface area contributed by atoms with E-state index in [0.29, 0.717) is 24.1 Å². The predicted molar refractivity (Wildman–Crippen MR) is 136 cm³/mol. The van der Waals surface area contributed by atoms with E-state index in [1.54, 1.807) is 16.8 Å². The Balaban J connectivity index is 1.44. The number of likely N-dealkylation sites (N-methyl/N-ethyl adjacent to an activating group) is 1. The van der Waals surface area contributed by atoms with E-state index in [2.05, 4.69) is 51.3 Å². The summed E-state index contributed by atoms with van der Waals surface area (Å²) in [6, 6.07) is 15.8. The maximum atomic E-state index is 15.0. The van der Waals surface area contributed by atoms with Crippen LogP contribution in [0.15, 0.2) is 48.5 Å². The Morgan fingerprint density at radius 2 is 1.91 bits per heavy atom. The summed E-state index contributed by atoms with van der Waals surface area (Å²) in [5.74, 6) is 0.885. The maximum absolute atomic E-state index is 15.0. The van der Waals surface area contributed by atoms with Gasteiger partial charge in [-0.2, -0.15) is 10.2 Å². The van der Waals surface area contributed by atoms with Crippen LogP contribution in [-0.4, -0.2) is 57.7 Å². The molecule has 3 heterocycles. The van der Waals surface area contributed by atoms with E-state index in [-0.39, 0.29) is 5.82 Å². The number of aryl methyl sites for hydroxylation is 2. The van der Waals surface area contributed by atoms with Gasteiger partial charge in [0, 0.05) is 31.7 Å². The summed E-state index contributed by atoms with van der Waals surface area (Å²) in [7, 11) is 2.17. The highest BCUT2D eigenvalue weighted by Gasteiger charge is 2.30. The lowest BCUT2D eigenvalue weighted by Crippen LogP contribution is -2.34. The second kappa shape index (κ2) is 9.62. The molecule has 0 spiro atoms. The van der Waals surface area contributed by atoms with E-state index in [1.165, 1.54) is 11.6 Å². The van der Waals surface area contributed by atoms with Gasteiger partial charge in [-0.05, 0) is 51.9 Å². The minimum atomic E-state index is -0.379. The molecule has 182 valence electrons. The Labute approximate surface area is 205 Å². The fraction of sp³-hybridized carbons (Fsp3) is 0.370. The van der Waals surface area contributed by atoms with Crippen LogP contribution >= 0.6 is 0 Å². The highest BCUT2D eigenvalue weighted by atomic mass is 19.1. The molecular weight excluding hydrogens is 443 g/mol. The Morgan fingerprint density at radius 1 is 1.11 bits per heavy atom. The van der Waals surface area contributed by atoms with Crippen molar-refractivity contribution >= 4 is 16.7 Å². The van der Waals surface area contributed by atoms with Crippen molar-refractivity contribution in [1.82, 2.24) is 24.9 Å². The first-order valence-electron chi connectivity index (χ1n) is 12.1. The maximum Gasteiger partial charge on any atom is 0.179 e. The summed E-state index contributed by atoms with van der Waals surface area (Å²) in [4.78, 5) is 4.65. The molecule has 5 rings (SSSR count). The lowest BCUT2D eigenvalue weighted by atomic mass is 10.1. The zero-order chi connectivity index (χ0) is 24.5. The van der Waals surface area contributed by atoms with E-state index >= 15 is 4.39 Å². The molecule has 1 aliphatic rings. The van der Waals surface area contributed by atoms with E-state index in [1.807, 2.05) is 26.8 Å². The van der Waals surface area contributed by atoms with Crippen LogP contribution in [0, 0.1) is 19.7 Å². The number of hydrogen-bond acceptors (Lipinski definition) is 6. The summed E-state index contributed by atoms with van der Waals surface area (Å²) in [6.07, 6.45) is 1.04. The van der Waals surface area contributed by atoms with Gasteiger partial charge in [0.05, 0.1) is 23.4 Å². The van der Waals surface area contributed by atoms with Gasteiger partial charge in [-0.25, -0.2) is 9.07 Å². The standard InChI is InChI=1S/C27H31FN6O/c1-5-35-22-11-12-24(23(28)15-22)34-19(3)25-18(2)29-30-27(26(25)31-34)33-14-13-21(17-33)32(4)16-20-9-7-6-8-10-20/h6-12,15,21H,5,13-14,16-17H2,1-4H3/t21-/m0/s1. The third-order valence-electron chi connectivity index (χ3n) is 6.80. The van der Waals surface area contributed by atoms with Crippen molar-refractivity contribution in [2.45, 2.75) is 39.8 Å². The first-order chi connectivity index (χ1) is 17.0. The molecule has 0 amide bonds. The molecule has 1 saturated heterocycles.